The van der Waals surface area contributed by atoms with Gasteiger partial charge in [-0.1, -0.05) is 0 Å². The third-order valence-electron chi connectivity index (χ3n) is 3.99. The lowest BCUT2D eigenvalue weighted by molar-refractivity contribution is -0.384. The van der Waals surface area contributed by atoms with Crippen molar-refractivity contribution in [1.29, 1.82) is 5.26 Å². The molecule has 1 amide bonds. The third kappa shape index (κ3) is 4.37. The van der Waals surface area contributed by atoms with Crippen LogP contribution in [0.5, 0.6) is 0 Å². The van der Waals surface area contributed by atoms with Gasteiger partial charge in [0.15, 0.2) is 0 Å². The Bertz CT molecular complexity index is 724. The highest BCUT2D eigenvalue weighted by Crippen LogP contribution is 2.35. The molecule has 1 aliphatic carbocycles. The first-order valence-electron chi connectivity index (χ1n) is 7.49. The molecule has 1 fully saturated rings. The lowest BCUT2D eigenvalue weighted by Gasteiger charge is -2.35. The predicted octanol–water partition coefficient (Wildman–Crippen LogP) is 2.98. The molecule has 0 radical (unpaired) electrons. The minimum absolute atomic E-state index is 0.0143. The van der Waals surface area contributed by atoms with Crippen LogP contribution in [0.2, 0.25) is 0 Å². The van der Waals surface area contributed by atoms with Crippen LogP contribution in [0, 0.1) is 21.4 Å². The van der Waals surface area contributed by atoms with E-state index in [9.17, 15) is 28.1 Å². The van der Waals surface area contributed by atoms with E-state index in [0.29, 0.717) is 18.9 Å². The number of hydrogen-bond acceptors (Lipinski definition) is 5. The molecule has 7 nitrogen and oxygen atoms in total. The smallest absolute Gasteiger partial charge is 0.379 e. The van der Waals surface area contributed by atoms with Crippen LogP contribution in [0.4, 0.5) is 24.5 Å². The van der Waals surface area contributed by atoms with Crippen LogP contribution in [-0.4, -0.2) is 22.9 Å². The first kappa shape index (κ1) is 18.5. The zero-order chi connectivity index (χ0) is 18.7. The van der Waals surface area contributed by atoms with E-state index in [-0.39, 0.29) is 18.7 Å². The van der Waals surface area contributed by atoms with Crippen LogP contribution in [0.1, 0.15) is 31.2 Å². The Morgan fingerprint density at radius 2 is 2.08 bits per heavy atom. The molecule has 1 aromatic carbocycles. The van der Waals surface area contributed by atoms with Crippen LogP contribution < -0.4 is 10.6 Å². The predicted molar refractivity (Wildman–Crippen MR) is 81.5 cm³/mol. The van der Waals surface area contributed by atoms with Crippen molar-refractivity contribution in [3.8, 4) is 6.07 Å². The van der Waals surface area contributed by atoms with E-state index >= 15 is 0 Å². The molecule has 1 aromatic rings. The van der Waals surface area contributed by atoms with Crippen LogP contribution in [0.25, 0.3) is 0 Å². The van der Waals surface area contributed by atoms with Gasteiger partial charge >= 0.3 is 6.18 Å². The van der Waals surface area contributed by atoms with Crippen molar-refractivity contribution in [2.24, 2.45) is 0 Å². The van der Waals surface area contributed by atoms with Crippen molar-refractivity contribution in [3.05, 3.63) is 33.9 Å². The van der Waals surface area contributed by atoms with Gasteiger partial charge in [0, 0.05) is 19.0 Å². The van der Waals surface area contributed by atoms with E-state index in [1.807, 2.05) is 0 Å². The van der Waals surface area contributed by atoms with Gasteiger partial charge in [-0.2, -0.15) is 18.4 Å². The molecule has 0 atom stereocenters. The van der Waals surface area contributed by atoms with Crippen LogP contribution in [0.3, 0.4) is 0 Å². The summed E-state index contributed by atoms with van der Waals surface area (Å²) in [5.74, 6) is -0.400. The molecule has 2 N–H and O–H groups in total. The maximum Gasteiger partial charge on any atom is 0.416 e. The summed E-state index contributed by atoms with van der Waals surface area (Å²) >= 11 is 0. The highest BCUT2D eigenvalue weighted by molar-refractivity contribution is 5.78. The number of benzene rings is 1. The van der Waals surface area contributed by atoms with E-state index in [2.05, 4.69) is 16.7 Å². The second kappa shape index (κ2) is 6.96. The first-order chi connectivity index (χ1) is 11.7. The number of carbonyl (C=O) groups is 1. The number of halogens is 3. The molecule has 134 valence electrons. The number of anilines is 1. The van der Waals surface area contributed by atoms with Crippen molar-refractivity contribution in [2.75, 3.05) is 11.9 Å². The van der Waals surface area contributed by atoms with Gasteiger partial charge in [-0.15, -0.1) is 0 Å². The summed E-state index contributed by atoms with van der Waals surface area (Å²) in [4.78, 5) is 21.9. The molecule has 0 spiro atoms. The summed E-state index contributed by atoms with van der Waals surface area (Å²) in [5.41, 5.74) is -2.78. The van der Waals surface area contributed by atoms with Crippen molar-refractivity contribution >= 4 is 17.3 Å². The Morgan fingerprint density at radius 1 is 1.40 bits per heavy atom. The second-order valence-corrected chi connectivity index (χ2v) is 5.76. The highest BCUT2D eigenvalue weighted by atomic mass is 19.4. The zero-order valence-electron chi connectivity index (χ0n) is 13.0. The topological polar surface area (TPSA) is 108 Å². The third-order valence-corrected chi connectivity index (χ3v) is 3.99. The Labute approximate surface area is 141 Å². The number of nitrogens with one attached hydrogen (secondary N) is 2. The molecule has 0 aliphatic heterocycles. The number of rotatable bonds is 6. The monoisotopic (exact) mass is 356 g/mol. The van der Waals surface area contributed by atoms with Gasteiger partial charge in [0.25, 0.3) is 5.69 Å². The molecule has 0 bridgehead atoms. The lowest BCUT2D eigenvalue weighted by Crippen LogP contribution is -2.52. The second-order valence-electron chi connectivity index (χ2n) is 5.76. The molecule has 25 heavy (non-hydrogen) atoms. The van der Waals surface area contributed by atoms with Gasteiger partial charge in [-0.25, -0.2) is 0 Å². The minimum Gasteiger partial charge on any atom is -0.379 e. The fraction of sp³-hybridized carbons (Fsp3) is 0.467. The lowest BCUT2D eigenvalue weighted by atomic mass is 9.78. The van der Waals surface area contributed by atoms with Gasteiger partial charge in [0.1, 0.15) is 11.2 Å². The number of nitrogens with zero attached hydrogens (tertiary/aromatic N) is 2. The number of hydrogen-bond donors (Lipinski definition) is 2. The maximum atomic E-state index is 12.6. The van der Waals surface area contributed by atoms with Crippen LogP contribution in [-0.2, 0) is 11.0 Å². The van der Waals surface area contributed by atoms with Crippen molar-refractivity contribution in [3.63, 3.8) is 0 Å². The number of alkyl halides is 3. The standard InChI is InChI=1S/C15H15F3N4O3/c16-15(17,18)10-2-3-11(12(8-10)22(24)25)20-7-4-13(23)21-14(9-19)5-1-6-14/h2-3,8,20H,1,4-7H2,(H,21,23). The Balaban J connectivity index is 1.97. The average Bonchev–Trinajstić information content (AvgIpc) is 2.50. The molecule has 10 heteroatoms. The zero-order valence-corrected chi connectivity index (χ0v) is 13.0. The molecule has 0 unspecified atom stereocenters. The van der Waals surface area contributed by atoms with E-state index in [0.717, 1.165) is 18.6 Å². The number of carbonyl (C=O) groups excluding carboxylic acids is 1. The Morgan fingerprint density at radius 3 is 2.56 bits per heavy atom. The van der Waals surface area contributed by atoms with Crippen LogP contribution >= 0.6 is 0 Å². The fourth-order valence-electron chi connectivity index (χ4n) is 2.44. The maximum absolute atomic E-state index is 12.6. The van der Waals surface area contributed by atoms with Crippen molar-refractivity contribution in [2.45, 2.75) is 37.4 Å². The molecule has 2 rings (SSSR count). The van der Waals surface area contributed by atoms with E-state index < -0.39 is 33.8 Å². The average molecular weight is 356 g/mol. The number of nitro benzene ring substituents is 1. The summed E-state index contributed by atoms with van der Waals surface area (Å²) in [5, 5.41) is 25.2. The van der Waals surface area contributed by atoms with Crippen LogP contribution in [0.15, 0.2) is 18.2 Å². The summed E-state index contributed by atoms with van der Waals surface area (Å²) in [6.07, 6.45) is -2.75. The van der Waals surface area contributed by atoms with Crippen molar-refractivity contribution in [1.82, 2.24) is 5.32 Å². The molecule has 0 saturated heterocycles. The molecule has 0 heterocycles. The number of nitriles is 1. The Hall–Kier alpha value is -2.83. The summed E-state index contributed by atoms with van der Waals surface area (Å²) in [6, 6.07) is 4.19. The van der Waals surface area contributed by atoms with Gasteiger partial charge < -0.3 is 10.6 Å². The highest BCUT2D eigenvalue weighted by Gasteiger charge is 2.38. The van der Waals surface area contributed by atoms with E-state index in [4.69, 9.17) is 5.26 Å². The molecule has 1 aliphatic rings. The van der Waals surface area contributed by atoms with Gasteiger partial charge in [-0.3, -0.25) is 14.9 Å². The molecule has 1 saturated carbocycles. The fourth-order valence-corrected chi connectivity index (χ4v) is 2.44. The number of amides is 1. The van der Waals surface area contributed by atoms with E-state index in [1.54, 1.807) is 0 Å². The van der Waals surface area contributed by atoms with E-state index in [1.165, 1.54) is 0 Å². The van der Waals surface area contributed by atoms with Crippen molar-refractivity contribution < 1.29 is 22.9 Å². The normalized spacial score (nSPS) is 15.6. The summed E-state index contributed by atoms with van der Waals surface area (Å²) < 4.78 is 37.9. The number of nitro groups is 1. The van der Waals surface area contributed by atoms with Gasteiger partial charge in [0.2, 0.25) is 5.91 Å². The molecular formula is C15H15F3N4O3. The summed E-state index contributed by atoms with van der Waals surface area (Å²) in [7, 11) is 0. The molecule has 0 aromatic heterocycles. The SMILES string of the molecule is N#CC1(NC(=O)CCNc2ccc(C(F)(F)F)cc2[N+](=O)[O-])CCC1. The Kier molecular flexibility index (Phi) is 5.15. The minimum atomic E-state index is -4.68. The molecular weight excluding hydrogens is 341 g/mol. The van der Waals surface area contributed by atoms with Gasteiger partial charge in [-0.05, 0) is 31.4 Å². The van der Waals surface area contributed by atoms with Gasteiger partial charge in [0.05, 0.1) is 16.6 Å². The quantitative estimate of drug-likeness (QED) is 0.602. The largest absolute Gasteiger partial charge is 0.416 e. The summed E-state index contributed by atoms with van der Waals surface area (Å²) in [6.45, 7) is -0.0143. The first-order valence-corrected chi connectivity index (χ1v) is 7.49.